The van der Waals surface area contributed by atoms with E-state index in [0.29, 0.717) is 6.04 Å². The molecule has 0 radical (unpaired) electrons. The van der Waals surface area contributed by atoms with E-state index in [9.17, 15) is 0 Å². The fourth-order valence-corrected chi connectivity index (χ4v) is 2.95. The zero-order chi connectivity index (χ0) is 15.3. The molecule has 0 saturated heterocycles. The third-order valence-electron chi connectivity index (χ3n) is 4.36. The molecule has 1 atom stereocenters. The molecule has 0 amide bonds. The molecular weight excluding hydrogens is 258 g/mol. The fraction of sp³-hybridized carbons (Fsp3) is 0.684. The van der Waals surface area contributed by atoms with Crippen molar-refractivity contribution in [3.8, 4) is 5.75 Å². The molecule has 2 heteroatoms. The van der Waals surface area contributed by atoms with Gasteiger partial charge < -0.3 is 10.1 Å². The first kappa shape index (κ1) is 16.4. The van der Waals surface area contributed by atoms with Gasteiger partial charge in [-0.2, -0.15) is 0 Å². The van der Waals surface area contributed by atoms with Crippen LogP contribution in [0.4, 0.5) is 0 Å². The Hall–Kier alpha value is -1.02. The van der Waals surface area contributed by atoms with Gasteiger partial charge in [-0.25, -0.2) is 0 Å². The summed E-state index contributed by atoms with van der Waals surface area (Å²) in [6.07, 6.45) is 7.03. The molecule has 0 aromatic heterocycles. The van der Waals surface area contributed by atoms with E-state index in [4.69, 9.17) is 4.74 Å². The van der Waals surface area contributed by atoms with Crippen molar-refractivity contribution in [2.75, 3.05) is 6.54 Å². The molecule has 1 N–H and O–H groups in total. The van der Waals surface area contributed by atoms with E-state index in [0.717, 1.165) is 12.3 Å². The zero-order valence-corrected chi connectivity index (χ0v) is 14.1. The van der Waals surface area contributed by atoms with E-state index < -0.39 is 0 Å². The minimum atomic E-state index is 0.201. The van der Waals surface area contributed by atoms with Crippen LogP contribution in [0, 0.1) is 0 Å². The average Bonchev–Trinajstić information content (AvgIpc) is 2.46. The van der Waals surface area contributed by atoms with Crippen molar-refractivity contribution in [1.82, 2.24) is 5.32 Å². The Labute approximate surface area is 130 Å². The van der Waals surface area contributed by atoms with Crippen LogP contribution in [0.15, 0.2) is 24.3 Å². The minimum Gasteiger partial charge on any atom is -0.489 e. The molecule has 0 aliphatic heterocycles. The van der Waals surface area contributed by atoms with Gasteiger partial charge in [0.25, 0.3) is 0 Å². The van der Waals surface area contributed by atoms with Gasteiger partial charge in [-0.3, -0.25) is 0 Å². The van der Waals surface area contributed by atoms with Crippen LogP contribution in [0.2, 0.25) is 0 Å². The number of hydrogen-bond acceptors (Lipinski definition) is 2. The third-order valence-corrected chi connectivity index (χ3v) is 4.36. The summed E-state index contributed by atoms with van der Waals surface area (Å²) >= 11 is 0. The van der Waals surface area contributed by atoms with Crippen LogP contribution < -0.4 is 10.1 Å². The van der Waals surface area contributed by atoms with Crippen molar-refractivity contribution in [2.24, 2.45) is 0 Å². The zero-order valence-electron chi connectivity index (χ0n) is 14.1. The first-order valence-electron chi connectivity index (χ1n) is 8.46. The van der Waals surface area contributed by atoms with E-state index in [-0.39, 0.29) is 11.5 Å². The van der Waals surface area contributed by atoms with Crippen molar-refractivity contribution in [1.29, 1.82) is 0 Å². The average molecular weight is 289 g/mol. The van der Waals surface area contributed by atoms with Crippen LogP contribution >= 0.6 is 0 Å². The van der Waals surface area contributed by atoms with Gasteiger partial charge in [0, 0.05) is 12.6 Å². The molecular formula is C19H31NO. The Bertz CT molecular complexity index is 412. The van der Waals surface area contributed by atoms with Gasteiger partial charge in [0.15, 0.2) is 0 Å². The molecule has 1 fully saturated rings. The highest BCUT2D eigenvalue weighted by Gasteiger charge is 2.15. The van der Waals surface area contributed by atoms with Gasteiger partial charge in [0.2, 0.25) is 0 Å². The molecule has 21 heavy (non-hydrogen) atoms. The second kappa shape index (κ2) is 7.31. The van der Waals surface area contributed by atoms with Crippen molar-refractivity contribution < 1.29 is 4.74 Å². The van der Waals surface area contributed by atoms with Gasteiger partial charge in [0.1, 0.15) is 11.9 Å². The Morgan fingerprint density at radius 3 is 2.29 bits per heavy atom. The van der Waals surface area contributed by atoms with E-state index in [2.05, 4.69) is 57.3 Å². The molecule has 2 nitrogen and oxygen atoms in total. The van der Waals surface area contributed by atoms with Crippen molar-refractivity contribution >= 4 is 0 Å². The quantitative estimate of drug-likeness (QED) is 0.850. The van der Waals surface area contributed by atoms with Crippen LogP contribution in [0.25, 0.3) is 0 Å². The maximum absolute atomic E-state index is 6.01. The Balaban J connectivity index is 1.78. The van der Waals surface area contributed by atoms with Crippen molar-refractivity contribution in [3.05, 3.63) is 29.8 Å². The lowest BCUT2D eigenvalue weighted by molar-refractivity contribution is 0.205. The summed E-state index contributed by atoms with van der Waals surface area (Å²) in [5, 5.41) is 3.65. The second-order valence-electron chi connectivity index (χ2n) is 7.45. The summed E-state index contributed by atoms with van der Waals surface area (Å²) < 4.78 is 6.01. The van der Waals surface area contributed by atoms with Crippen LogP contribution in [0.1, 0.15) is 65.4 Å². The number of hydrogen-bond donors (Lipinski definition) is 1. The third kappa shape index (κ3) is 5.35. The lowest BCUT2D eigenvalue weighted by atomic mass is 9.87. The lowest BCUT2D eigenvalue weighted by Gasteiger charge is -2.25. The standard InChI is InChI=1S/C19H31NO/c1-15(14-20-17-8-6-5-7-9-17)21-18-12-10-16(11-13-18)19(2,3)4/h10-13,15,17,20H,5-9,14H2,1-4H3/t15-/m0/s1. The topological polar surface area (TPSA) is 21.3 Å². The maximum atomic E-state index is 6.01. The summed E-state index contributed by atoms with van der Waals surface area (Å²) in [5.41, 5.74) is 1.55. The van der Waals surface area contributed by atoms with Gasteiger partial charge >= 0.3 is 0 Å². The summed E-state index contributed by atoms with van der Waals surface area (Å²) in [7, 11) is 0. The Kier molecular flexibility index (Phi) is 5.69. The van der Waals surface area contributed by atoms with Gasteiger partial charge in [0.05, 0.1) is 0 Å². The summed E-state index contributed by atoms with van der Waals surface area (Å²) in [4.78, 5) is 0. The molecule has 118 valence electrons. The van der Waals surface area contributed by atoms with E-state index in [1.807, 2.05) is 0 Å². The van der Waals surface area contributed by atoms with E-state index in [1.54, 1.807) is 0 Å². The molecule has 0 heterocycles. The smallest absolute Gasteiger partial charge is 0.119 e. The van der Waals surface area contributed by atoms with Gasteiger partial charge in [-0.1, -0.05) is 52.2 Å². The van der Waals surface area contributed by atoms with Gasteiger partial charge in [-0.05, 0) is 42.9 Å². The minimum absolute atomic E-state index is 0.201. The highest BCUT2D eigenvalue weighted by molar-refractivity contribution is 5.31. The second-order valence-corrected chi connectivity index (χ2v) is 7.45. The summed E-state index contributed by atoms with van der Waals surface area (Å²) in [5.74, 6) is 0.973. The highest BCUT2D eigenvalue weighted by Crippen LogP contribution is 2.24. The van der Waals surface area contributed by atoms with Gasteiger partial charge in [-0.15, -0.1) is 0 Å². The highest BCUT2D eigenvalue weighted by atomic mass is 16.5. The van der Waals surface area contributed by atoms with Crippen LogP contribution in [-0.2, 0) is 5.41 Å². The molecule has 0 bridgehead atoms. The first-order valence-corrected chi connectivity index (χ1v) is 8.46. The Morgan fingerprint density at radius 1 is 1.10 bits per heavy atom. The molecule has 1 aliphatic rings. The van der Waals surface area contributed by atoms with Crippen LogP contribution in [0.3, 0.4) is 0 Å². The summed E-state index contributed by atoms with van der Waals surface area (Å²) in [6, 6.07) is 9.25. The Morgan fingerprint density at radius 2 is 1.71 bits per heavy atom. The van der Waals surface area contributed by atoms with Crippen LogP contribution in [0.5, 0.6) is 5.75 Å². The molecule has 1 aromatic rings. The predicted octanol–water partition coefficient (Wildman–Crippen LogP) is 4.67. The molecule has 0 spiro atoms. The largest absolute Gasteiger partial charge is 0.489 e. The maximum Gasteiger partial charge on any atom is 0.119 e. The van der Waals surface area contributed by atoms with E-state index >= 15 is 0 Å². The molecule has 1 aliphatic carbocycles. The number of nitrogens with one attached hydrogen (secondary N) is 1. The predicted molar refractivity (Wildman–Crippen MR) is 90.1 cm³/mol. The number of ether oxygens (including phenoxy) is 1. The van der Waals surface area contributed by atoms with Crippen molar-refractivity contribution in [3.63, 3.8) is 0 Å². The SMILES string of the molecule is C[C@@H](CNC1CCCCC1)Oc1ccc(C(C)(C)C)cc1. The lowest BCUT2D eigenvalue weighted by Crippen LogP contribution is -2.37. The van der Waals surface area contributed by atoms with Crippen molar-refractivity contribution in [2.45, 2.75) is 77.4 Å². The number of benzene rings is 1. The molecule has 1 aromatic carbocycles. The molecule has 0 unspecified atom stereocenters. The molecule has 1 saturated carbocycles. The fourth-order valence-electron chi connectivity index (χ4n) is 2.95. The first-order chi connectivity index (χ1) is 9.95. The van der Waals surface area contributed by atoms with Crippen LogP contribution in [-0.4, -0.2) is 18.7 Å². The monoisotopic (exact) mass is 289 g/mol. The normalized spacial score (nSPS) is 18.5. The summed E-state index contributed by atoms with van der Waals surface area (Å²) in [6.45, 7) is 9.79. The molecule has 2 rings (SSSR count). The van der Waals surface area contributed by atoms with E-state index in [1.165, 1.54) is 37.7 Å². The number of rotatable bonds is 5.